The highest BCUT2D eigenvalue weighted by atomic mass is 35.5. The Bertz CT molecular complexity index is 593. The van der Waals surface area contributed by atoms with Crippen LogP contribution < -0.4 is 0 Å². The summed E-state index contributed by atoms with van der Waals surface area (Å²) in [6.07, 6.45) is 1.93. The number of fused-ring (bicyclic) bond motifs is 1. The molecule has 0 saturated carbocycles. The van der Waals surface area contributed by atoms with Crippen molar-refractivity contribution in [3.8, 4) is 0 Å². The van der Waals surface area contributed by atoms with E-state index in [1.807, 2.05) is 18.4 Å². The van der Waals surface area contributed by atoms with Gasteiger partial charge in [-0.1, -0.05) is 13.3 Å². The fourth-order valence-corrected chi connectivity index (χ4v) is 2.55. The predicted octanol–water partition coefficient (Wildman–Crippen LogP) is 4.98. The molecule has 2 aromatic rings. The second-order valence-electron chi connectivity index (χ2n) is 4.85. The summed E-state index contributed by atoms with van der Waals surface area (Å²) in [5, 5.41) is -0.308. The fourth-order valence-electron chi connectivity index (χ4n) is 2.40. The van der Waals surface area contributed by atoms with Crippen LogP contribution in [0.3, 0.4) is 0 Å². The number of imidazole rings is 1. The van der Waals surface area contributed by atoms with Gasteiger partial charge < -0.3 is 4.57 Å². The first-order chi connectivity index (χ1) is 8.95. The molecular formula is C14H17ClF2N2. The Labute approximate surface area is 116 Å². The first kappa shape index (κ1) is 14.3. The zero-order valence-electron chi connectivity index (χ0n) is 11.3. The van der Waals surface area contributed by atoms with Crippen LogP contribution in [0.15, 0.2) is 12.1 Å². The normalized spacial score (nSPS) is 14.8. The van der Waals surface area contributed by atoms with Crippen LogP contribution in [0.5, 0.6) is 0 Å². The summed E-state index contributed by atoms with van der Waals surface area (Å²) >= 11 is 6.13. The average molecular weight is 287 g/mol. The van der Waals surface area contributed by atoms with Crippen LogP contribution in [0.4, 0.5) is 8.78 Å². The Morgan fingerprint density at radius 1 is 1.26 bits per heavy atom. The van der Waals surface area contributed by atoms with Gasteiger partial charge in [0.05, 0.1) is 16.4 Å². The van der Waals surface area contributed by atoms with Crippen molar-refractivity contribution < 1.29 is 8.78 Å². The smallest absolute Gasteiger partial charge is 0.161 e. The SMILES string of the molecule is CCCC(C)n1c(C(C)Cl)nc2cc(F)c(F)cc21. The number of benzene rings is 1. The van der Waals surface area contributed by atoms with Gasteiger partial charge in [0.2, 0.25) is 0 Å². The van der Waals surface area contributed by atoms with Gasteiger partial charge in [0.1, 0.15) is 5.82 Å². The van der Waals surface area contributed by atoms with Crippen LogP contribution in [0.1, 0.15) is 50.9 Å². The van der Waals surface area contributed by atoms with Gasteiger partial charge in [0.25, 0.3) is 0 Å². The molecule has 0 aliphatic carbocycles. The zero-order chi connectivity index (χ0) is 14.2. The molecule has 0 N–H and O–H groups in total. The molecule has 1 aromatic carbocycles. The second-order valence-corrected chi connectivity index (χ2v) is 5.50. The molecular weight excluding hydrogens is 270 g/mol. The Hall–Kier alpha value is -1.16. The number of rotatable bonds is 4. The van der Waals surface area contributed by atoms with Crippen LogP contribution in [-0.4, -0.2) is 9.55 Å². The van der Waals surface area contributed by atoms with Crippen molar-refractivity contribution in [3.63, 3.8) is 0 Å². The van der Waals surface area contributed by atoms with Crippen LogP contribution in [0.2, 0.25) is 0 Å². The third-order valence-corrected chi connectivity index (χ3v) is 3.46. The van der Waals surface area contributed by atoms with E-state index in [9.17, 15) is 8.78 Å². The largest absolute Gasteiger partial charge is 0.324 e. The number of hydrogen-bond acceptors (Lipinski definition) is 1. The lowest BCUT2D eigenvalue weighted by Gasteiger charge is -2.18. The summed E-state index contributed by atoms with van der Waals surface area (Å²) < 4.78 is 28.6. The van der Waals surface area contributed by atoms with E-state index in [4.69, 9.17) is 11.6 Å². The van der Waals surface area contributed by atoms with Gasteiger partial charge in [-0.2, -0.15) is 0 Å². The zero-order valence-corrected chi connectivity index (χ0v) is 12.0. The quantitative estimate of drug-likeness (QED) is 0.725. The molecule has 104 valence electrons. The monoisotopic (exact) mass is 286 g/mol. The molecule has 1 heterocycles. The number of alkyl halides is 1. The summed E-state index contributed by atoms with van der Waals surface area (Å²) in [4.78, 5) is 4.34. The maximum absolute atomic E-state index is 13.4. The lowest BCUT2D eigenvalue weighted by molar-refractivity contribution is 0.490. The van der Waals surface area contributed by atoms with Crippen molar-refractivity contribution >= 4 is 22.6 Å². The van der Waals surface area contributed by atoms with Crippen LogP contribution in [0.25, 0.3) is 11.0 Å². The predicted molar refractivity (Wildman–Crippen MR) is 73.5 cm³/mol. The van der Waals surface area contributed by atoms with Crippen LogP contribution >= 0.6 is 11.6 Å². The highest BCUT2D eigenvalue weighted by molar-refractivity contribution is 6.20. The first-order valence-corrected chi connectivity index (χ1v) is 6.90. The lowest BCUT2D eigenvalue weighted by atomic mass is 10.2. The number of hydrogen-bond donors (Lipinski definition) is 0. The minimum absolute atomic E-state index is 0.149. The van der Waals surface area contributed by atoms with Crippen molar-refractivity contribution in [3.05, 3.63) is 29.6 Å². The van der Waals surface area contributed by atoms with E-state index >= 15 is 0 Å². The van der Waals surface area contributed by atoms with E-state index < -0.39 is 11.6 Å². The Balaban J connectivity index is 2.69. The average Bonchev–Trinajstić information content (AvgIpc) is 2.69. The highest BCUT2D eigenvalue weighted by Crippen LogP contribution is 2.30. The van der Waals surface area contributed by atoms with Crippen LogP contribution in [0, 0.1) is 11.6 Å². The number of halogens is 3. The Morgan fingerprint density at radius 3 is 2.47 bits per heavy atom. The fraction of sp³-hybridized carbons (Fsp3) is 0.500. The molecule has 0 saturated heterocycles. The molecule has 0 amide bonds. The summed E-state index contributed by atoms with van der Waals surface area (Å²) in [6, 6.07) is 2.48. The number of aromatic nitrogens is 2. The van der Waals surface area contributed by atoms with Gasteiger partial charge >= 0.3 is 0 Å². The Kier molecular flexibility index (Phi) is 4.09. The van der Waals surface area contributed by atoms with Crippen LogP contribution in [-0.2, 0) is 0 Å². The molecule has 2 unspecified atom stereocenters. The van der Waals surface area contributed by atoms with Crippen molar-refractivity contribution in [1.29, 1.82) is 0 Å². The highest BCUT2D eigenvalue weighted by Gasteiger charge is 2.20. The third-order valence-electron chi connectivity index (χ3n) is 3.26. The summed E-state index contributed by atoms with van der Waals surface area (Å²) in [6.45, 7) is 5.93. The molecule has 2 atom stereocenters. The van der Waals surface area contributed by atoms with Gasteiger partial charge in [-0.25, -0.2) is 13.8 Å². The molecule has 2 rings (SSSR count). The summed E-state index contributed by atoms with van der Waals surface area (Å²) in [7, 11) is 0. The molecule has 5 heteroatoms. The molecule has 0 aliphatic heterocycles. The standard InChI is InChI=1S/C14H17ClF2N2/c1-4-5-8(2)19-13-7-11(17)10(16)6-12(13)18-14(19)9(3)15/h6-9H,4-5H2,1-3H3. The van der Waals surface area contributed by atoms with E-state index in [-0.39, 0.29) is 11.4 Å². The number of nitrogens with zero attached hydrogens (tertiary/aromatic N) is 2. The molecule has 19 heavy (non-hydrogen) atoms. The maximum Gasteiger partial charge on any atom is 0.161 e. The topological polar surface area (TPSA) is 17.8 Å². The van der Waals surface area contributed by atoms with E-state index in [1.165, 1.54) is 6.07 Å². The van der Waals surface area contributed by atoms with Gasteiger partial charge in [0, 0.05) is 18.2 Å². The van der Waals surface area contributed by atoms with E-state index in [1.54, 1.807) is 0 Å². The second kappa shape index (κ2) is 5.45. The molecule has 0 bridgehead atoms. The molecule has 0 spiro atoms. The van der Waals surface area contributed by atoms with Crippen molar-refractivity contribution in [2.24, 2.45) is 0 Å². The minimum atomic E-state index is -0.880. The Morgan fingerprint density at radius 2 is 1.89 bits per heavy atom. The first-order valence-electron chi connectivity index (χ1n) is 6.46. The van der Waals surface area contributed by atoms with Crippen molar-refractivity contribution in [1.82, 2.24) is 9.55 Å². The lowest BCUT2D eigenvalue weighted by Crippen LogP contribution is -2.09. The van der Waals surface area contributed by atoms with E-state index in [0.717, 1.165) is 18.9 Å². The molecule has 0 aliphatic rings. The van der Waals surface area contributed by atoms with Crippen molar-refractivity contribution in [2.75, 3.05) is 0 Å². The van der Waals surface area contributed by atoms with Gasteiger partial charge in [-0.05, 0) is 20.3 Å². The van der Waals surface area contributed by atoms with E-state index in [2.05, 4.69) is 11.9 Å². The molecule has 0 radical (unpaired) electrons. The van der Waals surface area contributed by atoms with Gasteiger partial charge in [-0.3, -0.25) is 0 Å². The van der Waals surface area contributed by atoms with Gasteiger partial charge in [-0.15, -0.1) is 11.6 Å². The third kappa shape index (κ3) is 2.59. The molecule has 1 aromatic heterocycles. The minimum Gasteiger partial charge on any atom is -0.324 e. The summed E-state index contributed by atoms with van der Waals surface area (Å²) in [5.74, 6) is -1.08. The molecule has 0 fully saturated rings. The van der Waals surface area contributed by atoms with Crippen molar-refractivity contribution in [2.45, 2.75) is 45.0 Å². The van der Waals surface area contributed by atoms with E-state index in [0.29, 0.717) is 16.9 Å². The maximum atomic E-state index is 13.4. The summed E-state index contributed by atoms with van der Waals surface area (Å²) in [5.41, 5.74) is 1.05. The molecule has 2 nitrogen and oxygen atoms in total. The van der Waals surface area contributed by atoms with Gasteiger partial charge in [0.15, 0.2) is 11.6 Å².